The quantitative estimate of drug-likeness (QED) is 0.867. The molecule has 0 heterocycles. The van der Waals surface area contributed by atoms with E-state index in [0.717, 1.165) is 12.1 Å². The lowest BCUT2D eigenvalue weighted by Crippen LogP contribution is -2.35. The van der Waals surface area contributed by atoms with Gasteiger partial charge in [-0.2, -0.15) is 13.2 Å². The van der Waals surface area contributed by atoms with Gasteiger partial charge in [-0.05, 0) is 34.1 Å². The monoisotopic (exact) mass is 315 g/mol. The highest BCUT2D eigenvalue weighted by atomic mass is 79.9. The molecule has 2 N–H and O–H groups in total. The van der Waals surface area contributed by atoms with E-state index in [0.29, 0.717) is 0 Å². The van der Waals surface area contributed by atoms with E-state index in [2.05, 4.69) is 15.9 Å². The zero-order chi connectivity index (χ0) is 13.1. The highest BCUT2D eigenvalue weighted by Gasteiger charge is 2.39. The summed E-state index contributed by atoms with van der Waals surface area (Å²) in [6.45, 7) is -1.15. The van der Waals surface area contributed by atoms with E-state index in [9.17, 15) is 17.6 Å². The average molecular weight is 316 g/mol. The summed E-state index contributed by atoms with van der Waals surface area (Å²) in [5.41, 5.74) is 5.01. The third-order valence-electron chi connectivity index (χ3n) is 2.08. The number of alkyl halides is 3. The van der Waals surface area contributed by atoms with E-state index < -0.39 is 31.1 Å². The van der Waals surface area contributed by atoms with Crippen LogP contribution in [0.5, 0.6) is 5.75 Å². The number of nitrogens with two attached hydrogens (primary N) is 1. The highest BCUT2D eigenvalue weighted by Crippen LogP contribution is 2.29. The minimum Gasteiger partial charge on any atom is -0.492 e. The maximum Gasteiger partial charge on any atom is 0.396 e. The first-order valence-corrected chi connectivity index (χ1v) is 5.48. The summed E-state index contributed by atoms with van der Waals surface area (Å²) in [5.74, 6) is -2.09. The number of hydrogen-bond donors (Lipinski definition) is 1. The van der Waals surface area contributed by atoms with Gasteiger partial charge in [-0.3, -0.25) is 0 Å². The molecule has 1 atom stereocenters. The Labute approximate surface area is 104 Å². The van der Waals surface area contributed by atoms with Crippen LogP contribution < -0.4 is 10.5 Å². The molecule has 0 bridgehead atoms. The molecule has 0 saturated heterocycles. The molecule has 0 amide bonds. The van der Waals surface area contributed by atoms with Gasteiger partial charge < -0.3 is 10.5 Å². The summed E-state index contributed by atoms with van der Waals surface area (Å²) in [6.07, 6.45) is -4.40. The summed E-state index contributed by atoms with van der Waals surface area (Å²) in [5, 5.41) is 0. The van der Waals surface area contributed by atoms with Crippen molar-refractivity contribution in [2.45, 2.75) is 6.18 Å². The number of halogens is 5. The maximum atomic E-state index is 12.7. The number of hydrogen-bond acceptors (Lipinski definition) is 2. The first-order chi connectivity index (χ1) is 7.84. The molecule has 0 fully saturated rings. The molecule has 96 valence electrons. The van der Waals surface area contributed by atoms with Crippen molar-refractivity contribution in [3.05, 3.63) is 28.5 Å². The molecular formula is C10H10BrF4NO. The molecule has 0 spiro atoms. The first kappa shape index (κ1) is 14.2. The van der Waals surface area contributed by atoms with Gasteiger partial charge in [0.1, 0.15) is 24.1 Å². The van der Waals surface area contributed by atoms with Gasteiger partial charge in [0.15, 0.2) is 0 Å². The summed E-state index contributed by atoms with van der Waals surface area (Å²) in [7, 11) is 0. The lowest BCUT2D eigenvalue weighted by atomic mass is 10.1. The molecule has 0 aliphatic rings. The fourth-order valence-electron chi connectivity index (χ4n) is 1.08. The van der Waals surface area contributed by atoms with Crippen molar-refractivity contribution in [3.63, 3.8) is 0 Å². The maximum absolute atomic E-state index is 12.7. The number of ether oxygens (including phenoxy) is 1. The van der Waals surface area contributed by atoms with Gasteiger partial charge in [-0.15, -0.1) is 0 Å². The van der Waals surface area contributed by atoms with Gasteiger partial charge in [0.2, 0.25) is 0 Å². The summed E-state index contributed by atoms with van der Waals surface area (Å²) in [6, 6.07) is 3.47. The van der Waals surface area contributed by atoms with Gasteiger partial charge >= 0.3 is 6.18 Å². The predicted octanol–water partition coefficient (Wildman–Crippen LogP) is 3.10. The van der Waals surface area contributed by atoms with Crippen molar-refractivity contribution in [1.82, 2.24) is 0 Å². The minimum absolute atomic E-state index is 0.147. The molecule has 0 aromatic heterocycles. The van der Waals surface area contributed by atoms with Crippen LogP contribution in [0.2, 0.25) is 0 Å². The second-order valence-electron chi connectivity index (χ2n) is 3.36. The molecule has 7 heteroatoms. The normalized spacial score (nSPS) is 13.5. The third-order valence-corrected chi connectivity index (χ3v) is 2.70. The topological polar surface area (TPSA) is 35.2 Å². The van der Waals surface area contributed by atoms with Crippen LogP contribution in [0.15, 0.2) is 22.7 Å². The van der Waals surface area contributed by atoms with Crippen molar-refractivity contribution < 1.29 is 22.3 Å². The SMILES string of the molecule is NCC(COc1ccc(F)cc1Br)C(F)(F)F. The zero-order valence-corrected chi connectivity index (χ0v) is 10.2. The molecule has 0 aliphatic heterocycles. The molecular weight excluding hydrogens is 306 g/mol. The molecule has 0 radical (unpaired) electrons. The van der Waals surface area contributed by atoms with E-state index in [1.807, 2.05) is 0 Å². The van der Waals surface area contributed by atoms with Gasteiger partial charge in [0.05, 0.1) is 4.47 Å². The van der Waals surface area contributed by atoms with Crippen LogP contribution in [-0.2, 0) is 0 Å². The lowest BCUT2D eigenvalue weighted by Gasteiger charge is -2.19. The summed E-state index contributed by atoms with van der Waals surface area (Å²) in [4.78, 5) is 0. The van der Waals surface area contributed by atoms with Crippen LogP contribution in [0, 0.1) is 11.7 Å². The van der Waals surface area contributed by atoms with Gasteiger partial charge in [0.25, 0.3) is 0 Å². The van der Waals surface area contributed by atoms with Gasteiger partial charge in [-0.1, -0.05) is 0 Å². The average Bonchev–Trinajstić information content (AvgIpc) is 2.19. The van der Waals surface area contributed by atoms with Crippen molar-refractivity contribution in [1.29, 1.82) is 0 Å². The van der Waals surface area contributed by atoms with Crippen LogP contribution in [0.25, 0.3) is 0 Å². The molecule has 1 aromatic carbocycles. The molecule has 0 saturated carbocycles. The van der Waals surface area contributed by atoms with Crippen LogP contribution in [-0.4, -0.2) is 19.3 Å². The summed E-state index contributed by atoms with van der Waals surface area (Å²) < 4.78 is 55.0. The Morgan fingerprint density at radius 2 is 2.00 bits per heavy atom. The van der Waals surface area contributed by atoms with E-state index in [1.165, 1.54) is 6.07 Å². The van der Waals surface area contributed by atoms with Gasteiger partial charge in [0, 0.05) is 6.54 Å². The van der Waals surface area contributed by atoms with Crippen LogP contribution in [0.1, 0.15) is 0 Å². The molecule has 0 aliphatic carbocycles. The minimum atomic E-state index is -4.40. The van der Waals surface area contributed by atoms with E-state index in [-0.39, 0.29) is 10.2 Å². The lowest BCUT2D eigenvalue weighted by molar-refractivity contribution is -0.178. The number of benzene rings is 1. The Bertz CT molecular complexity index is 383. The van der Waals surface area contributed by atoms with Crippen LogP contribution >= 0.6 is 15.9 Å². The van der Waals surface area contributed by atoms with E-state index in [4.69, 9.17) is 10.5 Å². The predicted molar refractivity (Wildman–Crippen MR) is 58.2 cm³/mol. The Morgan fingerprint density at radius 1 is 1.35 bits per heavy atom. The fraction of sp³-hybridized carbons (Fsp3) is 0.400. The molecule has 2 nitrogen and oxygen atoms in total. The summed E-state index contributed by atoms with van der Waals surface area (Å²) >= 11 is 2.99. The largest absolute Gasteiger partial charge is 0.492 e. The Hall–Kier alpha value is -0.820. The van der Waals surface area contributed by atoms with Gasteiger partial charge in [-0.25, -0.2) is 4.39 Å². The Kier molecular flexibility index (Phi) is 4.76. The smallest absolute Gasteiger partial charge is 0.396 e. The van der Waals surface area contributed by atoms with Crippen LogP contribution in [0.3, 0.4) is 0 Å². The van der Waals surface area contributed by atoms with Crippen LogP contribution in [0.4, 0.5) is 17.6 Å². The molecule has 1 rings (SSSR count). The van der Waals surface area contributed by atoms with Crippen molar-refractivity contribution in [2.24, 2.45) is 11.7 Å². The molecule has 17 heavy (non-hydrogen) atoms. The molecule has 1 unspecified atom stereocenters. The Balaban J connectivity index is 2.66. The highest BCUT2D eigenvalue weighted by molar-refractivity contribution is 9.10. The molecule has 1 aromatic rings. The second kappa shape index (κ2) is 5.68. The standard InChI is InChI=1S/C10H10BrF4NO/c11-8-3-7(12)1-2-9(8)17-5-6(4-16)10(13,14)15/h1-3,6H,4-5,16H2. The van der Waals surface area contributed by atoms with Crippen molar-refractivity contribution in [2.75, 3.05) is 13.2 Å². The Morgan fingerprint density at radius 3 is 2.47 bits per heavy atom. The van der Waals surface area contributed by atoms with E-state index >= 15 is 0 Å². The van der Waals surface area contributed by atoms with Crippen molar-refractivity contribution >= 4 is 15.9 Å². The van der Waals surface area contributed by atoms with Crippen molar-refractivity contribution in [3.8, 4) is 5.75 Å². The zero-order valence-electron chi connectivity index (χ0n) is 8.60. The third kappa shape index (κ3) is 4.16. The fourth-order valence-corrected chi connectivity index (χ4v) is 1.54. The van der Waals surface area contributed by atoms with E-state index in [1.54, 1.807) is 0 Å². The second-order valence-corrected chi connectivity index (χ2v) is 4.21. The first-order valence-electron chi connectivity index (χ1n) is 4.69. The number of rotatable bonds is 4.